The van der Waals surface area contributed by atoms with Crippen LogP contribution in [0, 0.1) is 19.3 Å². The normalized spacial score (nSPS) is 10.0. The molecule has 0 aliphatic heterocycles. The van der Waals surface area contributed by atoms with E-state index in [0.717, 1.165) is 22.4 Å². The molecule has 1 aromatic rings. The van der Waals surface area contributed by atoms with E-state index in [-0.39, 0.29) is 0 Å². The monoisotopic (exact) mass is 209 g/mol. The summed E-state index contributed by atoms with van der Waals surface area (Å²) in [6.45, 7) is 4.00. The predicted octanol–water partition coefficient (Wildman–Crippen LogP) is 3.00. The van der Waals surface area contributed by atoms with Crippen molar-refractivity contribution >= 4 is 16.8 Å². The van der Waals surface area contributed by atoms with E-state index >= 15 is 0 Å². The lowest BCUT2D eigenvalue weighted by atomic mass is 10.1. The van der Waals surface area contributed by atoms with Crippen LogP contribution in [0.25, 0.3) is 0 Å². The molecule has 0 heterocycles. The summed E-state index contributed by atoms with van der Waals surface area (Å²) in [7, 11) is 1.67. The van der Waals surface area contributed by atoms with Crippen LogP contribution in [0.5, 0.6) is 5.75 Å². The maximum Gasteiger partial charge on any atom is 0.122 e. The molecule has 0 fully saturated rings. The first-order valence-electron chi connectivity index (χ1n) is 4.38. The third-order valence-electron chi connectivity index (χ3n) is 2.19. The van der Waals surface area contributed by atoms with E-state index in [0.29, 0.717) is 5.04 Å². The Morgan fingerprint density at radius 1 is 1.29 bits per heavy atom. The van der Waals surface area contributed by atoms with Gasteiger partial charge in [-0.15, -0.1) is 11.8 Å². The van der Waals surface area contributed by atoms with Gasteiger partial charge in [0.2, 0.25) is 0 Å². The molecule has 0 aliphatic rings. The fourth-order valence-electron chi connectivity index (χ4n) is 1.36. The Balaban J connectivity index is 3.21. The molecule has 0 spiro atoms. The van der Waals surface area contributed by atoms with Gasteiger partial charge in [-0.3, -0.25) is 5.41 Å². The van der Waals surface area contributed by atoms with Gasteiger partial charge in [0, 0.05) is 5.56 Å². The Bertz CT molecular complexity index is 361. The molecule has 0 aliphatic carbocycles. The van der Waals surface area contributed by atoms with Crippen molar-refractivity contribution in [1.82, 2.24) is 0 Å². The number of methoxy groups -OCH3 is 1. The van der Waals surface area contributed by atoms with E-state index in [1.807, 2.05) is 32.2 Å². The number of nitrogens with one attached hydrogen (secondary N) is 1. The van der Waals surface area contributed by atoms with E-state index < -0.39 is 0 Å². The standard InChI is InChI=1S/C11H15NOS/c1-7-6-10(13-3)8(2)5-9(7)11(12)14-4/h5-6,12H,1-4H3. The maximum atomic E-state index is 7.77. The number of hydrogen-bond donors (Lipinski definition) is 1. The fourth-order valence-corrected chi connectivity index (χ4v) is 1.80. The number of aryl methyl sites for hydroxylation is 2. The Morgan fingerprint density at radius 2 is 1.93 bits per heavy atom. The highest BCUT2D eigenvalue weighted by atomic mass is 32.2. The zero-order valence-corrected chi connectivity index (χ0v) is 9.79. The van der Waals surface area contributed by atoms with Gasteiger partial charge in [0.05, 0.1) is 12.2 Å². The molecule has 3 heteroatoms. The molecule has 0 saturated carbocycles. The summed E-state index contributed by atoms with van der Waals surface area (Å²) in [5, 5.41) is 8.37. The smallest absolute Gasteiger partial charge is 0.122 e. The zero-order valence-electron chi connectivity index (χ0n) is 8.97. The number of ether oxygens (including phenoxy) is 1. The molecule has 0 aromatic heterocycles. The van der Waals surface area contributed by atoms with Crippen LogP contribution >= 0.6 is 11.8 Å². The number of thioether (sulfide) groups is 1. The van der Waals surface area contributed by atoms with Crippen LogP contribution in [0.15, 0.2) is 12.1 Å². The van der Waals surface area contributed by atoms with Crippen molar-refractivity contribution in [2.45, 2.75) is 13.8 Å². The van der Waals surface area contributed by atoms with Gasteiger partial charge in [0.25, 0.3) is 0 Å². The quantitative estimate of drug-likeness (QED) is 0.600. The Hall–Kier alpha value is -0.960. The van der Waals surface area contributed by atoms with Crippen LogP contribution in [0.2, 0.25) is 0 Å². The molecular formula is C11H15NOS. The van der Waals surface area contributed by atoms with Crippen molar-refractivity contribution in [3.8, 4) is 5.75 Å². The van der Waals surface area contributed by atoms with Gasteiger partial charge in [0.1, 0.15) is 5.75 Å². The SMILES string of the molecule is COc1cc(C)c(C(=N)SC)cc1C. The number of hydrogen-bond acceptors (Lipinski definition) is 3. The molecule has 2 nitrogen and oxygen atoms in total. The number of rotatable bonds is 2. The molecule has 14 heavy (non-hydrogen) atoms. The van der Waals surface area contributed by atoms with E-state index in [4.69, 9.17) is 10.1 Å². The lowest BCUT2D eigenvalue weighted by Gasteiger charge is -2.10. The van der Waals surface area contributed by atoms with Crippen LogP contribution in [0.4, 0.5) is 0 Å². The van der Waals surface area contributed by atoms with Crippen molar-refractivity contribution < 1.29 is 4.74 Å². The molecule has 0 atom stereocenters. The molecule has 1 N–H and O–H groups in total. The molecule has 0 radical (unpaired) electrons. The Labute approximate surface area is 89.2 Å². The van der Waals surface area contributed by atoms with Gasteiger partial charge in [-0.25, -0.2) is 0 Å². The first-order chi connectivity index (χ1) is 6.60. The van der Waals surface area contributed by atoms with Gasteiger partial charge < -0.3 is 4.74 Å². The predicted molar refractivity (Wildman–Crippen MR) is 62.8 cm³/mol. The van der Waals surface area contributed by atoms with Crippen LogP contribution in [0.1, 0.15) is 16.7 Å². The van der Waals surface area contributed by atoms with E-state index in [2.05, 4.69) is 0 Å². The summed E-state index contributed by atoms with van der Waals surface area (Å²) < 4.78 is 5.22. The van der Waals surface area contributed by atoms with E-state index in [9.17, 15) is 0 Å². The topological polar surface area (TPSA) is 33.1 Å². The van der Waals surface area contributed by atoms with Gasteiger partial charge in [-0.2, -0.15) is 0 Å². The minimum atomic E-state index is 0.605. The summed E-state index contributed by atoms with van der Waals surface area (Å²) in [4.78, 5) is 0. The first-order valence-corrected chi connectivity index (χ1v) is 5.60. The summed E-state index contributed by atoms with van der Waals surface area (Å²) in [5.74, 6) is 0.889. The van der Waals surface area contributed by atoms with Gasteiger partial charge in [-0.05, 0) is 43.4 Å². The van der Waals surface area contributed by atoms with Crippen molar-refractivity contribution in [2.75, 3.05) is 13.4 Å². The molecule has 0 saturated heterocycles. The summed E-state index contributed by atoms with van der Waals surface area (Å²) in [5.41, 5.74) is 3.16. The molecular weight excluding hydrogens is 194 g/mol. The zero-order chi connectivity index (χ0) is 10.7. The van der Waals surface area contributed by atoms with E-state index in [1.54, 1.807) is 7.11 Å². The van der Waals surface area contributed by atoms with Crippen molar-refractivity contribution in [3.05, 3.63) is 28.8 Å². The Morgan fingerprint density at radius 3 is 2.43 bits per heavy atom. The van der Waals surface area contributed by atoms with Crippen LogP contribution in [-0.4, -0.2) is 18.4 Å². The second kappa shape index (κ2) is 4.51. The minimum Gasteiger partial charge on any atom is -0.496 e. The first kappa shape index (κ1) is 11.1. The van der Waals surface area contributed by atoms with E-state index in [1.165, 1.54) is 11.8 Å². The molecule has 1 rings (SSSR count). The molecule has 0 unspecified atom stereocenters. The lowest BCUT2D eigenvalue weighted by Crippen LogP contribution is -1.99. The third-order valence-corrected chi connectivity index (χ3v) is 2.82. The highest BCUT2D eigenvalue weighted by molar-refractivity contribution is 8.13. The summed E-state index contributed by atoms with van der Waals surface area (Å²) >= 11 is 1.46. The van der Waals surface area contributed by atoms with Gasteiger partial charge in [0.15, 0.2) is 0 Å². The van der Waals surface area contributed by atoms with Gasteiger partial charge >= 0.3 is 0 Å². The van der Waals surface area contributed by atoms with Crippen LogP contribution < -0.4 is 4.74 Å². The molecule has 0 bridgehead atoms. The van der Waals surface area contributed by atoms with Crippen molar-refractivity contribution in [1.29, 1.82) is 5.41 Å². The molecule has 1 aromatic carbocycles. The second-order valence-electron chi connectivity index (χ2n) is 3.17. The number of benzene rings is 1. The minimum absolute atomic E-state index is 0.605. The summed E-state index contributed by atoms with van der Waals surface area (Å²) in [6, 6.07) is 3.99. The highest BCUT2D eigenvalue weighted by Crippen LogP contribution is 2.24. The average molecular weight is 209 g/mol. The van der Waals surface area contributed by atoms with Crippen LogP contribution in [0.3, 0.4) is 0 Å². The highest BCUT2D eigenvalue weighted by Gasteiger charge is 2.07. The van der Waals surface area contributed by atoms with Crippen LogP contribution in [-0.2, 0) is 0 Å². The van der Waals surface area contributed by atoms with Crippen molar-refractivity contribution in [3.63, 3.8) is 0 Å². The maximum absolute atomic E-state index is 7.77. The molecule has 76 valence electrons. The average Bonchev–Trinajstić information content (AvgIpc) is 2.19. The second-order valence-corrected chi connectivity index (χ2v) is 3.99. The lowest BCUT2D eigenvalue weighted by molar-refractivity contribution is 0.411. The fraction of sp³-hybridized carbons (Fsp3) is 0.364. The van der Waals surface area contributed by atoms with Gasteiger partial charge in [-0.1, -0.05) is 0 Å². The third kappa shape index (κ3) is 2.10. The Kier molecular flexibility index (Phi) is 3.58. The van der Waals surface area contributed by atoms with Crippen molar-refractivity contribution in [2.24, 2.45) is 0 Å². The molecule has 0 amide bonds. The summed E-state index contributed by atoms with van der Waals surface area (Å²) in [6.07, 6.45) is 1.92. The largest absolute Gasteiger partial charge is 0.496 e.